The quantitative estimate of drug-likeness (QED) is 0.207. The second-order valence-electron chi connectivity index (χ2n) is 8.35. The lowest BCUT2D eigenvalue weighted by atomic mass is 9.90. The maximum atomic E-state index is 11.1. The van der Waals surface area contributed by atoms with Gasteiger partial charge in [-0.25, -0.2) is 0 Å². The minimum absolute atomic E-state index is 0. The van der Waals surface area contributed by atoms with Gasteiger partial charge in [-0.3, -0.25) is 14.7 Å². The van der Waals surface area contributed by atoms with Gasteiger partial charge in [-0.1, -0.05) is 44.2 Å². The van der Waals surface area contributed by atoms with E-state index in [-0.39, 0.29) is 41.5 Å². The molecule has 8 heteroatoms. The van der Waals surface area contributed by atoms with Crippen molar-refractivity contribution in [3.63, 3.8) is 0 Å². The van der Waals surface area contributed by atoms with E-state index in [2.05, 4.69) is 76.9 Å². The van der Waals surface area contributed by atoms with Crippen LogP contribution in [-0.2, 0) is 4.79 Å². The Morgan fingerprint density at radius 2 is 1.84 bits per heavy atom. The summed E-state index contributed by atoms with van der Waals surface area (Å²) < 4.78 is 0. The van der Waals surface area contributed by atoms with Crippen LogP contribution in [0, 0.1) is 0 Å². The van der Waals surface area contributed by atoms with E-state index in [1.165, 1.54) is 5.56 Å². The van der Waals surface area contributed by atoms with E-state index >= 15 is 0 Å². The van der Waals surface area contributed by atoms with Gasteiger partial charge in [0.05, 0.1) is 6.54 Å². The summed E-state index contributed by atoms with van der Waals surface area (Å²) in [4.78, 5) is 17.7. The van der Waals surface area contributed by atoms with E-state index in [4.69, 9.17) is 5.73 Å². The molecule has 7 nitrogen and oxygen atoms in total. The average molecular weight is 545 g/mol. The van der Waals surface area contributed by atoms with Gasteiger partial charge in [0.2, 0.25) is 5.91 Å². The number of piperidine rings is 1. The van der Waals surface area contributed by atoms with Crippen molar-refractivity contribution < 1.29 is 4.79 Å². The van der Waals surface area contributed by atoms with E-state index in [1.807, 2.05) is 7.05 Å². The number of amides is 1. The van der Waals surface area contributed by atoms with Crippen LogP contribution in [0.3, 0.4) is 0 Å². The Labute approximate surface area is 205 Å². The molecule has 1 heterocycles. The number of carbonyl (C=O) groups excluding carboxylic acids is 1. The molecule has 31 heavy (non-hydrogen) atoms. The molecule has 1 aliphatic heterocycles. The average Bonchev–Trinajstić information content (AvgIpc) is 2.77. The van der Waals surface area contributed by atoms with Gasteiger partial charge < -0.3 is 21.7 Å². The monoisotopic (exact) mass is 544 g/mol. The van der Waals surface area contributed by atoms with Crippen LogP contribution in [0.1, 0.15) is 58.1 Å². The third-order valence-corrected chi connectivity index (χ3v) is 6.30. The number of benzene rings is 1. The van der Waals surface area contributed by atoms with E-state index in [9.17, 15) is 4.79 Å². The van der Waals surface area contributed by atoms with Gasteiger partial charge in [0.25, 0.3) is 0 Å². The largest absolute Gasteiger partial charge is 0.369 e. The van der Waals surface area contributed by atoms with Crippen molar-refractivity contribution in [3.05, 3.63) is 35.9 Å². The van der Waals surface area contributed by atoms with Crippen LogP contribution < -0.4 is 21.7 Å². The van der Waals surface area contributed by atoms with Crippen LogP contribution in [0.15, 0.2) is 35.3 Å². The second-order valence-corrected chi connectivity index (χ2v) is 8.35. The standard InChI is InChI=1S/C23H40N6O.HI/c1-5-23(6-2,28-18(3)19-10-8-7-9-11-19)17-26-22(25-4)27-20-12-14-29(15-13-20)16-21(24)30;/h7-11,18,20,28H,5-6,12-17H2,1-4H3,(H2,24,30)(H2,25,26,27);1H. The van der Waals surface area contributed by atoms with Crippen molar-refractivity contribution in [3.8, 4) is 0 Å². The summed E-state index contributed by atoms with van der Waals surface area (Å²) in [7, 11) is 1.82. The van der Waals surface area contributed by atoms with Gasteiger partial charge in [0.15, 0.2) is 5.96 Å². The number of nitrogens with zero attached hydrogens (tertiary/aromatic N) is 2. The molecule has 0 aromatic heterocycles. The van der Waals surface area contributed by atoms with Gasteiger partial charge in [-0.05, 0) is 38.2 Å². The highest BCUT2D eigenvalue weighted by molar-refractivity contribution is 14.0. The summed E-state index contributed by atoms with van der Waals surface area (Å²) in [6, 6.07) is 11.2. The highest BCUT2D eigenvalue weighted by Gasteiger charge is 2.29. The first-order valence-corrected chi connectivity index (χ1v) is 11.2. The first-order chi connectivity index (χ1) is 14.4. The molecule has 1 aromatic rings. The number of hydrogen-bond acceptors (Lipinski definition) is 4. The van der Waals surface area contributed by atoms with Crippen molar-refractivity contribution in [1.82, 2.24) is 20.9 Å². The molecule has 1 saturated heterocycles. The lowest BCUT2D eigenvalue weighted by Gasteiger charge is -2.37. The van der Waals surface area contributed by atoms with Gasteiger partial charge in [-0.15, -0.1) is 24.0 Å². The summed E-state index contributed by atoms with van der Waals surface area (Å²) in [5.74, 6) is 0.579. The Morgan fingerprint density at radius 1 is 1.23 bits per heavy atom. The first-order valence-electron chi connectivity index (χ1n) is 11.2. The Kier molecular flexibility index (Phi) is 12.4. The lowest BCUT2D eigenvalue weighted by Crippen LogP contribution is -2.56. The third-order valence-electron chi connectivity index (χ3n) is 6.30. The number of rotatable bonds is 10. The minimum atomic E-state index is -0.258. The van der Waals surface area contributed by atoms with Gasteiger partial charge in [0, 0.05) is 44.3 Å². The predicted molar refractivity (Wildman–Crippen MR) is 140 cm³/mol. The fraction of sp³-hybridized carbons (Fsp3) is 0.652. The van der Waals surface area contributed by atoms with Crippen LogP contribution in [-0.4, -0.2) is 61.6 Å². The van der Waals surface area contributed by atoms with Crippen molar-refractivity contribution >= 4 is 35.8 Å². The number of halogens is 1. The molecule has 0 spiro atoms. The van der Waals surface area contributed by atoms with E-state index < -0.39 is 0 Å². The molecule has 2 rings (SSSR count). The lowest BCUT2D eigenvalue weighted by molar-refractivity contribution is -0.119. The Hall–Kier alpha value is -1.39. The zero-order valence-electron chi connectivity index (χ0n) is 19.5. The van der Waals surface area contributed by atoms with Gasteiger partial charge in [-0.2, -0.15) is 0 Å². The molecule has 0 bridgehead atoms. The smallest absolute Gasteiger partial charge is 0.231 e. The number of likely N-dealkylation sites (tertiary alicyclic amines) is 1. The highest BCUT2D eigenvalue weighted by atomic mass is 127. The second kappa shape index (κ2) is 13.9. The van der Waals surface area contributed by atoms with Crippen molar-refractivity contribution in [2.45, 2.75) is 64.1 Å². The summed E-state index contributed by atoms with van der Waals surface area (Å²) >= 11 is 0. The fourth-order valence-electron chi connectivity index (χ4n) is 4.14. The number of aliphatic imine (C=N–C) groups is 1. The van der Waals surface area contributed by atoms with E-state index in [0.717, 1.165) is 51.3 Å². The molecular formula is C23H41IN6O. The van der Waals surface area contributed by atoms with Crippen molar-refractivity contribution in [2.75, 3.05) is 33.2 Å². The van der Waals surface area contributed by atoms with Crippen molar-refractivity contribution in [2.24, 2.45) is 10.7 Å². The van der Waals surface area contributed by atoms with Crippen LogP contribution in [0.2, 0.25) is 0 Å². The molecule has 176 valence electrons. The summed E-state index contributed by atoms with van der Waals surface area (Å²) in [5, 5.41) is 11.0. The molecule has 1 aliphatic rings. The predicted octanol–water partition coefficient (Wildman–Crippen LogP) is 2.63. The van der Waals surface area contributed by atoms with E-state index in [1.54, 1.807) is 0 Å². The summed E-state index contributed by atoms with van der Waals surface area (Å²) in [6.45, 7) is 9.60. The molecule has 1 atom stereocenters. The van der Waals surface area contributed by atoms with Crippen molar-refractivity contribution in [1.29, 1.82) is 0 Å². The molecule has 0 aliphatic carbocycles. The van der Waals surface area contributed by atoms with Gasteiger partial charge >= 0.3 is 0 Å². The highest BCUT2D eigenvalue weighted by Crippen LogP contribution is 2.21. The minimum Gasteiger partial charge on any atom is -0.369 e. The van der Waals surface area contributed by atoms with E-state index in [0.29, 0.717) is 12.6 Å². The Bertz CT molecular complexity index is 672. The molecule has 1 unspecified atom stereocenters. The molecule has 5 N–H and O–H groups in total. The van der Waals surface area contributed by atoms with Gasteiger partial charge in [0.1, 0.15) is 0 Å². The number of nitrogens with two attached hydrogens (primary N) is 1. The molecule has 1 aromatic carbocycles. The molecule has 0 radical (unpaired) electrons. The molecule has 1 amide bonds. The summed E-state index contributed by atoms with van der Waals surface area (Å²) in [6.07, 6.45) is 4.00. The van der Waals surface area contributed by atoms with Crippen LogP contribution in [0.5, 0.6) is 0 Å². The van der Waals surface area contributed by atoms with Crippen LogP contribution >= 0.6 is 24.0 Å². The summed E-state index contributed by atoms with van der Waals surface area (Å²) in [5.41, 5.74) is 6.59. The SMILES string of the molecule is CCC(CC)(CNC(=NC)NC1CCN(CC(N)=O)CC1)NC(C)c1ccccc1.I. The first kappa shape index (κ1) is 27.6. The number of guanidine groups is 1. The number of nitrogens with one attached hydrogen (secondary N) is 3. The third kappa shape index (κ3) is 8.94. The number of primary amides is 1. The molecule has 1 fully saturated rings. The Balaban J connectivity index is 0.00000480. The fourth-order valence-corrected chi connectivity index (χ4v) is 4.14. The Morgan fingerprint density at radius 3 is 2.35 bits per heavy atom. The topological polar surface area (TPSA) is 94.8 Å². The number of carbonyl (C=O) groups is 1. The maximum absolute atomic E-state index is 11.1. The van der Waals surface area contributed by atoms with Crippen LogP contribution in [0.4, 0.5) is 0 Å². The zero-order chi connectivity index (χ0) is 22.0. The molecular weight excluding hydrogens is 503 g/mol. The van der Waals surface area contributed by atoms with Crippen LogP contribution in [0.25, 0.3) is 0 Å². The normalized spacial score (nSPS) is 17.0. The maximum Gasteiger partial charge on any atom is 0.231 e. The number of hydrogen-bond donors (Lipinski definition) is 4. The zero-order valence-corrected chi connectivity index (χ0v) is 21.8. The molecule has 0 saturated carbocycles.